The van der Waals surface area contributed by atoms with E-state index < -0.39 is 22.2 Å². The highest BCUT2D eigenvalue weighted by atomic mass is 35.5. The first kappa shape index (κ1) is 27.1. The molecule has 0 saturated carbocycles. The van der Waals surface area contributed by atoms with Gasteiger partial charge < -0.3 is 14.2 Å². The summed E-state index contributed by atoms with van der Waals surface area (Å²) in [5.41, 5.74) is 0.173. The first-order valence-electron chi connectivity index (χ1n) is 10.7. The van der Waals surface area contributed by atoms with Crippen molar-refractivity contribution < 1.29 is 17.9 Å². The number of aryl methyl sites for hydroxylation is 1. The second-order valence-electron chi connectivity index (χ2n) is 7.85. The van der Waals surface area contributed by atoms with Crippen LogP contribution in [0.25, 0.3) is 0 Å². The van der Waals surface area contributed by atoms with Crippen LogP contribution in [0.3, 0.4) is 0 Å². The largest absolute Gasteiger partial charge is 0.447 e. The SMILES string of the molecule is C[C@H](COC(=O)N(C)CCCn1ccnc1)N(c1cc(Cl)ccc1Cl)S(=O)(=O)c1ccc(Cl)cc1. The van der Waals surface area contributed by atoms with Gasteiger partial charge in [-0.25, -0.2) is 18.2 Å². The number of aromatic nitrogens is 2. The molecule has 0 aliphatic carbocycles. The molecular weight excluding hydrogens is 535 g/mol. The highest BCUT2D eigenvalue weighted by Crippen LogP contribution is 2.35. The van der Waals surface area contributed by atoms with Gasteiger partial charge in [-0.2, -0.15) is 0 Å². The van der Waals surface area contributed by atoms with E-state index in [2.05, 4.69) is 4.98 Å². The van der Waals surface area contributed by atoms with Crippen LogP contribution in [0.15, 0.2) is 66.1 Å². The van der Waals surface area contributed by atoms with E-state index in [1.165, 1.54) is 41.3 Å². The zero-order chi connectivity index (χ0) is 25.6. The maximum absolute atomic E-state index is 13.6. The van der Waals surface area contributed by atoms with Gasteiger partial charge in [0.15, 0.2) is 0 Å². The predicted octanol–water partition coefficient (Wildman–Crippen LogP) is 5.59. The monoisotopic (exact) mass is 558 g/mol. The van der Waals surface area contributed by atoms with E-state index in [1.807, 2.05) is 10.8 Å². The normalized spacial score (nSPS) is 12.3. The van der Waals surface area contributed by atoms with Crippen molar-refractivity contribution in [2.75, 3.05) is 24.5 Å². The molecule has 3 aromatic rings. The third-order valence-electron chi connectivity index (χ3n) is 5.15. The zero-order valence-electron chi connectivity index (χ0n) is 19.1. The summed E-state index contributed by atoms with van der Waals surface area (Å²) >= 11 is 18.4. The molecule has 0 fully saturated rings. The Morgan fingerprint density at radius 2 is 1.80 bits per heavy atom. The van der Waals surface area contributed by atoms with Crippen LogP contribution in [0.5, 0.6) is 0 Å². The van der Waals surface area contributed by atoms with Crippen molar-refractivity contribution in [3.8, 4) is 0 Å². The fourth-order valence-electron chi connectivity index (χ4n) is 3.35. The number of sulfonamides is 1. The molecule has 12 heteroatoms. The number of carbonyl (C=O) groups is 1. The third-order valence-corrected chi connectivity index (χ3v) is 7.89. The van der Waals surface area contributed by atoms with Crippen molar-refractivity contribution >= 4 is 56.6 Å². The number of imidazole rings is 1. The molecule has 1 heterocycles. The number of anilines is 1. The molecule has 188 valence electrons. The van der Waals surface area contributed by atoms with Gasteiger partial charge in [-0.05, 0) is 55.8 Å². The average Bonchev–Trinajstić information content (AvgIpc) is 3.33. The van der Waals surface area contributed by atoms with Gasteiger partial charge >= 0.3 is 6.09 Å². The van der Waals surface area contributed by atoms with E-state index >= 15 is 0 Å². The number of hydrogen-bond donors (Lipinski definition) is 0. The first-order chi connectivity index (χ1) is 16.6. The van der Waals surface area contributed by atoms with Gasteiger partial charge in [-0.1, -0.05) is 34.8 Å². The van der Waals surface area contributed by atoms with E-state index in [0.29, 0.717) is 29.6 Å². The summed E-state index contributed by atoms with van der Waals surface area (Å²) < 4.78 is 35.7. The predicted molar refractivity (Wildman–Crippen MR) is 138 cm³/mol. The highest BCUT2D eigenvalue weighted by Gasteiger charge is 2.32. The van der Waals surface area contributed by atoms with Crippen LogP contribution in [0, 0.1) is 0 Å². The Labute approximate surface area is 220 Å². The summed E-state index contributed by atoms with van der Waals surface area (Å²) in [6, 6.07) is 9.49. The molecule has 35 heavy (non-hydrogen) atoms. The summed E-state index contributed by atoms with van der Waals surface area (Å²) in [5.74, 6) is 0. The molecule has 0 aliphatic heterocycles. The molecule has 0 spiro atoms. The topological polar surface area (TPSA) is 84.7 Å². The lowest BCUT2D eigenvalue weighted by molar-refractivity contribution is 0.106. The van der Waals surface area contributed by atoms with Gasteiger partial charge in [0.1, 0.15) is 6.61 Å². The Hall–Kier alpha value is -2.46. The quantitative estimate of drug-likeness (QED) is 0.323. The van der Waals surface area contributed by atoms with Gasteiger partial charge in [0, 0.05) is 42.6 Å². The fourth-order valence-corrected chi connectivity index (χ4v) is 5.55. The van der Waals surface area contributed by atoms with Gasteiger partial charge in [0.2, 0.25) is 0 Å². The van der Waals surface area contributed by atoms with Gasteiger partial charge in [-0.3, -0.25) is 4.31 Å². The maximum Gasteiger partial charge on any atom is 0.409 e. The molecule has 8 nitrogen and oxygen atoms in total. The smallest absolute Gasteiger partial charge is 0.409 e. The van der Waals surface area contributed by atoms with E-state index in [-0.39, 0.29) is 22.2 Å². The summed E-state index contributed by atoms with van der Waals surface area (Å²) in [5, 5.41) is 0.888. The second kappa shape index (κ2) is 12.0. The molecule has 3 rings (SSSR count). The van der Waals surface area contributed by atoms with Crippen molar-refractivity contribution in [1.82, 2.24) is 14.5 Å². The van der Waals surface area contributed by atoms with Crippen molar-refractivity contribution in [2.24, 2.45) is 0 Å². The number of halogens is 3. The number of hydrogen-bond acceptors (Lipinski definition) is 5. The lowest BCUT2D eigenvalue weighted by Crippen LogP contribution is -2.43. The number of rotatable bonds is 10. The summed E-state index contributed by atoms with van der Waals surface area (Å²) in [7, 11) is -2.48. The molecule has 2 aromatic carbocycles. The van der Waals surface area contributed by atoms with Crippen LogP contribution in [-0.4, -0.2) is 55.2 Å². The van der Waals surface area contributed by atoms with Crippen molar-refractivity contribution in [3.63, 3.8) is 0 Å². The van der Waals surface area contributed by atoms with Crippen molar-refractivity contribution in [2.45, 2.75) is 30.8 Å². The standard InChI is InChI=1S/C23H25Cl3N4O4S/c1-17(15-34-23(31)28(2)11-3-12-29-13-10-27-16-29)30(22-14-19(25)6-9-21(22)26)35(32,33)20-7-4-18(24)5-8-20/h4-10,13-14,16-17H,3,11-12,15H2,1-2H3/t17-/m1/s1. The van der Waals surface area contributed by atoms with Crippen molar-refractivity contribution in [3.05, 3.63) is 76.3 Å². The Bertz CT molecular complexity index is 1240. The minimum atomic E-state index is -4.10. The Morgan fingerprint density at radius 3 is 2.46 bits per heavy atom. The number of carbonyl (C=O) groups excluding carboxylic acids is 1. The van der Waals surface area contributed by atoms with Crippen LogP contribution in [-0.2, 0) is 21.3 Å². The van der Waals surface area contributed by atoms with Gasteiger partial charge in [0.05, 0.1) is 28.0 Å². The summed E-state index contributed by atoms with van der Waals surface area (Å²) in [6.45, 7) is 2.57. The Balaban J connectivity index is 1.75. The number of nitrogens with zero attached hydrogens (tertiary/aromatic N) is 4. The Kier molecular flexibility index (Phi) is 9.29. The number of benzene rings is 2. The molecule has 1 aromatic heterocycles. The van der Waals surface area contributed by atoms with Gasteiger partial charge in [-0.15, -0.1) is 0 Å². The van der Waals surface area contributed by atoms with Crippen molar-refractivity contribution in [1.29, 1.82) is 0 Å². The van der Waals surface area contributed by atoms with E-state index in [0.717, 1.165) is 4.31 Å². The van der Waals surface area contributed by atoms with E-state index in [4.69, 9.17) is 39.5 Å². The molecule has 0 radical (unpaired) electrons. The molecule has 1 atom stereocenters. The molecule has 0 aliphatic rings. The Morgan fingerprint density at radius 1 is 1.11 bits per heavy atom. The molecule has 1 amide bonds. The first-order valence-corrected chi connectivity index (χ1v) is 13.3. The minimum absolute atomic E-state index is 0.00717. The molecule has 0 bridgehead atoms. The molecule has 0 N–H and O–H groups in total. The second-order valence-corrected chi connectivity index (χ2v) is 10.9. The summed E-state index contributed by atoms with van der Waals surface area (Å²) in [6.07, 6.45) is 5.37. The minimum Gasteiger partial charge on any atom is -0.447 e. The third kappa shape index (κ3) is 7.04. The van der Waals surface area contributed by atoms with Gasteiger partial charge in [0.25, 0.3) is 10.0 Å². The molecular formula is C23H25Cl3N4O4S. The summed E-state index contributed by atoms with van der Waals surface area (Å²) in [4.78, 5) is 18.0. The van der Waals surface area contributed by atoms with Crippen LogP contribution in [0.1, 0.15) is 13.3 Å². The van der Waals surface area contributed by atoms with Crippen LogP contribution in [0.2, 0.25) is 15.1 Å². The lowest BCUT2D eigenvalue weighted by atomic mass is 10.2. The average molecular weight is 560 g/mol. The zero-order valence-corrected chi connectivity index (χ0v) is 22.2. The molecule has 0 unspecified atom stereocenters. The van der Waals surface area contributed by atoms with Crippen LogP contribution < -0.4 is 4.31 Å². The van der Waals surface area contributed by atoms with Crippen LogP contribution in [0.4, 0.5) is 10.5 Å². The van der Waals surface area contributed by atoms with Crippen LogP contribution >= 0.6 is 34.8 Å². The highest BCUT2D eigenvalue weighted by molar-refractivity contribution is 7.92. The molecule has 0 saturated heterocycles. The van der Waals surface area contributed by atoms with E-state index in [9.17, 15) is 13.2 Å². The fraction of sp³-hybridized carbons (Fsp3) is 0.304. The maximum atomic E-state index is 13.6. The number of ether oxygens (including phenoxy) is 1. The number of amides is 1. The van der Waals surface area contributed by atoms with E-state index in [1.54, 1.807) is 32.6 Å². The lowest BCUT2D eigenvalue weighted by Gasteiger charge is -2.31.